The molecule has 0 aliphatic carbocycles. The highest BCUT2D eigenvalue weighted by atomic mass is 35.6. The summed E-state index contributed by atoms with van der Waals surface area (Å²) in [7, 11) is -3.89. The van der Waals surface area contributed by atoms with Crippen LogP contribution in [-0.2, 0) is 19.5 Å². The maximum absolute atomic E-state index is 11.5. The first-order chi connectivity index (χ1) is 9.12. The summed E-state index contributed by atoms with van der Waals surface area (Å²) in [4.78, 5) is 26.9. The van der Waals surface area contributed by atoms with E-state index >= 15 is 0 Å². The fraction of sp³-hybridized carbons (Fsp3) is 0.429. The Kier molecular flexibility index (Phi) is 6.23. The Bertz CT molecular complexity index is 518. The number of hydrogen-bond acceptors (Lipinski definition) is 7. The Hall–Kier alpha value is -0.390. The summed E-state index contributed by atoms with van der Waals surface area (Å²) in [6.45, 7) is 0. The van der Waals surface area contributed by atoms with Crippen molar-refractivity contribution in [2.45, 2.75) is 8.50 Å². The molecule has 0 aromatic rings. The highest BCUT2D eigenvalue weighted by Gasteiger charge is 2.34. The molecule has 0 aromatic heterocycles. The van der Waals surface area contributed by atoms with Crippen molar-refractivity contribution in [3.63, 3.8) is 0 Å². The molecule has 1 aliphatic rings. The Balaban J connectivity index is 2.41. The van der Waals surface area contributed by atoms with E-state index < -0.39 is 30.3 Å². The summed E-state index contributed by atoms with van der Waals surface area (Å²) in [5.41, 5.74) is 1.84. The molecule has 20 heavy (non-hydrogen) atoms. The molecule has 1 aliphatic heterocycles. The Morgan fingerprint density at radius 1 is 1.50 bits per heavy atom. The molecule has 0 fully saturated rings. The van der Waals surface area contributed by atoms with Gasteiger partial charge in [-0.25, -0.2) is 13.2 Å². The molecule has 0 spiro atoms. The highest BCUT2D eigenvalue weighted by Crippen LogP contribution is 2.37. The van der Waals surface area contributed by atoms with E-state index in [9.17, 15) is 18.0 Å². The van der Waals surface area contributed by atoms with Gasteiger partial charge in [0.05, 0.1) is 5.88 Å². The van der Waals surface area contributed by atoms with Crippen LogP contribution in [0.5, 0.6) is 0 Å². The summed E-state index contributed by atoms with van der Waals surface area (Å²) in [6, 6.07) is 0. The predicted octanol–water partition coefficient (Wildman–Crippen LogP) is 0.578. The van der Waals surface area contributed by atoms with E-state index in [4.69, 9.17) is 34.8 Å². The second kappa shape index (κ2) is 7.05. The van der Waals surface area contributed by atoms with Gasteiger partial charge in [0.2, 0.25) is 18.3 Å². The van der Waals surface area contributed by atoms with E-state index in [1.807, 2.05) is 5.48 Å². The van der Waals surface area contributed by atoms with E-state index in [0.29, 0.717) is 0 Å². The maximum atomic E-state index is 11.5. The monoisotopic (exact) mass is 383 g/mol. The van der Waals surface area contributed by atoms with Crippen molar-refractivity contribution in [1.82, 2.24) is 16.1 Å². The minimum absolute atomic E-state index is 0.0967. The number of amides is 2. The van der Waals surface area contributed by atoms with Gasteiger partial charge in [-0.2, -0.15) is 0 Å². The zero-order valence-corrected chi connectivity index (χ0v) is 13.3. The lowest BCUT2D eigenvalue weighted by atomic mass is 10.6. The van der Waals surface area contributed by atoms with Crippen LogP contribution in [0.15, 0.2) is 11.6 Å². The van der Waals surface area contributed by atoms with Crippen molar-refractivity contribution in [3.8, 4) is 0 Å². The van der Waals surface area contributed by atoms with Gasteiger partial charge in [0.25, 0.3) is 5.91 Å². The molecule has 0 radical (unpaired) electrons. The molecule has 1 heterocycles. The molecule has 0 saturated heterocycles. The third-order valence-corrected chi connectivity index (χ3v) is 4.84. The van der Waals surface area contributed by atoms with E-state index in [-0.39, 0.29) is 5.88 Å². The third-order valence-electron chi connectivity index (χ3n) is 1.76. The lowest BCUT2D eigenvalue weighted by Crippen LogP contribution is -2.50. The van der Waals surface area contributed by atoms with Crippen LogP contribution in [0.2, 0.25) is 0 Å². The molecule has 1 rings (SSSR count). The number of sulfone groups is 1. The second-order valence-electron chi connectivity index (χ2n) is 3.20. The van der Waals surface area contributed by atoms with Gasteiger partial charge < -0.3 is 15.5 Å². The van der Waals surface area contributed by atoms with Crippen molar-refractivity contribution < 1.29 is 22.8 Å². The van der Waals surface area contributed by atoms with Crippen LogP contribution in [0.4, 0.5) is 4.79 Å². The fourth-order valence-electron chi connectivity index (χ4n) is 0.955. The van der Waals surface area contributed by atoms with Crippen molar-refractivity contribution in [3.05, 3.63) is 11.6 Å². The van der Waals surface area contributed by atoms with Crippen molar-refractivity contribution in [2.24, 2.45) is 0 Å². The van der Waals surface area contributed by atoms with Gasteiger partial charge in [0, 0.05) is 11.6 Å². The number of hydroxylamine groups is 1. The van der Waals surface area contributed by atoms with Crippen LogP contribution < -0.4 is 16.1 Å². The second-order valence-corrected chi connectivity index (χ2v) is 9.26. The maximum Gasteiger partial charge on any atom is 0.426 e. The first-order valence-electron chi connectivity index (χ1n) is 4.73. The quantitative estimate of drug-likeness (QED) is 0.369. The fourth-order valence-corrected chi connectivity index (χ4v) is 2.76. The first kappa shape index (κ1) is 17.7. The van der Waals surface area contributed by atoms with Crippen molar-refractivity contribution in [2.75, 3.05) is 5.88 Å². The SMILES string of the molecule is O=C(NCSC(Cl)(Cl)Cl)ONC1C(=O)NC=CS1(=O)=O. The van der Waals surface area contributed by atoms with Crippen LogP contribution >= 0.6 is 46.6 Å². The number of carbonyl (C=O) groups is 2. The highest BCUT2D eigenvalue weighted by molar-refractivity contribution is 8.04. The van der Waals surface area contributed by atoms with E-state index in [2.05, 4.69) is 15.5 Å². The van der Waals surface area contributed by atoms with Gasteiger partial charge in [-0.05, 0) is 0 Å². The Morgan fingerprint density at radius 3 is 2.70 bits per heavy atom. The first-order valence-corrected chi connectivity index (χ1v) is 8.46. The number of nitrogens with one attached hydrogen (secondary N) is 3. The van der Waals surface area contributed by atoms with Gasteiger partial charge in [-0.1, -0.05) is 46.6 Å². The van der Waals surface area contributed by atoms with Crippen molar-refractivity contribution in [1.29, 1.82) is 0 Å². The van der Waals surface area contributed by atoms with Gasteiger partial charge >= 0.3 is 6.09 Å². The zero-order chi connectivity index (χ0) is 15.4. The van der Waals surface area contributed by atoms with E-state index in [0.717, 1.165) is 23.4 Å². The predicted molar refractivity (Wildman–Crippen MR) is 75.5 cm³/mol. The Morgan fingerprint density at radius 2 is 2.15 bits per heavy atom. The van der Waals surface area contributed by atoms with Gasteiger partial charge in [-0.3, -0.25) is 4.79 Å². The van der Waals surface area contributed by atoms with Gasteiger partial charge in [-0.15, -0.1) is 5.48 Å². The number of rotatable bonds is 4. The molecule has 2 amide bonds. The lowest BCUT2D eigenvalue weighted by molar-refractivity contribution is -0.122. The number of alkyl halides is 3. The number of hydrogen-bond donors (Lipinski definition) is 3. The lowest BCUT2D eigenvalue weighted by Gasteiger charge is -2.18. The summed E-state index contributed by atoms with van der Waals surface area (Å²) >= 11 is 17.0. The molecular formula is C7H8Cl3N3O5S2. The van der Waals surface area contributed by atoms with E-state index in [1.54, 1.807) is 0 Å². The number of carbonyl (C=O) groups excluding carboxylic acids is 2. The standard InChI is InChI=1S/C7H8Cl3N3O5S2/c8-7(9,10)19-3-12-6(15)18-13-5-4(14)11-1-2-20(5,16)17/h1-2,5,13H,3H2,(H,11,14)(H,12,15). The van der Waals surface area contributed by atoms with Gasteiger partial charge in [0.1, 0.15) is 0 Å². The Labute approximate surface area is 133 Å². The molecule has 13 heteroatoms. The average Bonchev–Trinajstić information content (AvgIpc) is 2.25. The number of thioether (sulfide) groups is 1. The molecule has 3 N–H and O–H groups in total. The summed E-state index contributed by atoms with van der Waals surface area (Å²) in [6.07, 6.45) is -0.0719. The minimum Gasteiger partial charge on any atom is -0.352 e. The van der Waals surface area contributed by atoms with Crippen LogP contribution in [-0.4, -0.2) is 34.8 Å². The van der Waals surface area contributed by atoms with Gasteiger partial charge in [0.15, 0.2) is 0 Å². The smallest absolute Gasteiger partial charge is 0.352 e. The molecule has 0 aromatic carbocycles. The normalized spacial score (nSPS) is 21.1. The van der Waals surface area contributed by atoms with Crippen LogP contribution in [0, 0.1) is 0 Å². The number of halogens is 3. The summed E-state index contributed by atoms with van der Waals surface area (Å²) < 4.78 is 21.3. The average molecular weight is 385 g/mol. The van der Waals surface area contributed by atoms with Crippen LogP contribution in [0.3, 0.4) is 0 Å². The largest absolute Gasteiger partial charge is 0.426 e. The summed E-state index contributed by atoms with van der Waals surface area (Å²) in [5.74, 6) is -0.975. The van der Waals surface area contributed by atoms with Crippen LogP contribution in [0.25, 0.3) is 0 Å². The van der Waals surface area contributed by atoms with E-state index in [1.165, 1.54) is 0 Å². The molecular weight excluding hydrogens is 377 g/mol. The molecule has 0 bridgehead atoms. The van der Waals surface area contributed by atoms with Crippen LogP contribution in [0.1, 0.15) is 0 Å². The zero-order valence-electron chi connectivity index (χ0n) is 9.43. The summed E-state index contributed by atoms with van der Waals surface area (Å²) in [5, 5.41) is 3.35. The van der Waals surface area contributed by atoms with Crippen molar-refractivity contribution >= 4 is 68.4 Å². The molecule has 1 atom stereocenters. The minimum atomic E-state index is -3.89. The third kappa shape index (κ3) is 5.94. The molecule has 8 nitrogen and oxygen atoms in total. The molecule has 1 unspecified atom stereocenters. The molecule has 114 valence electrons. The molecule has 0 saturated carbocycles. The topological polar surface area (TPSA) is 114 Å².